The van der Waals surface area contributed by atoms with Crippen LogP contribution in [-0.4, -0.2) is 21.0 Å². The number of hydrogen-bond acceptors (Lipinski definition) is 5. The molecule has 1 aliphatic rings. The molecule has 0 radical (unpaired) electrons. The van der Waals surface area contributed by atoms with Gasteiger partial charge in [0.25, 0.3) is 0 Å². The second-order valence-corrected chi connectivity index (χ2v) is 8.85. The number of aromatic nitrogens is 2. The van der Waals surface area contributed by atoms with Gasteiger partial charge in [-0.2, -0.15) is 0 Å². The Morgan fingerprint density at radius 1 is 1.23 bits per heavy atom. The summed E-state index contributed by atoms with van der Waals surface area (Å²) >= 11 is 7.69. The normalized spacial score (nSPS) is 13.1. The van der Waals surface area contributed by atoms with E-state index in [1.807, 2.05) is 49.5 Å². The van der Waals surface area contributed by atoms with Crippen molar-refractivity contribution in [1.29, 1.82) is 0 Å². The van der Waals surface area contributed by atoms with Crippen molar-refractivity contribution in [3.63, 3.8) is 0 Å². The van der Waals surface area contributed by atoms with Crippen molar-refractivity contribution in [3.8, 4) is 11.1 Å². The van der Waals surface area contributed by atoms with Crippen LogP contribution in [0, 0.1) is 6.92 Å². The molecule has 1 aliphatic heterocycles. The molecule has 0 saturated heterocycles. The van der Waals surface area contributed by atoms with Crippen molar-refractivity contribution in [1.82, 2.24) is 9.97 Å². The van der Waals surface area contributed by atoms with Gasteiger partial charge < -0.3 is 10.0 Å². The number of carboxylic acid groups (broad SMARTS) is 1. The van der Waals surface area contributed by atoms with E-state index in [-0.39, 0.29) is 6.42 Å². The van der Waals surface area contributed by atoms with Crippen LogP contribution in [0.1, 0.15) is 22.4 Å². The van der Waals surface area contributed by atoms with E-state index < -0.39 is 5.97 Å². The fourth-order valence-electron chi connectivity index (χ4n) is 3.99. The van der Waals surface area contributed by atoms with Gasteiger partial charge in [0.15, 0.2) is 5.13 Å². The van der Waals surface area contributed by atoms with Crippen molar-refractivity contribution >= 4 is 44.3 Å². The Hall–Kier alpha value is -2.96. The van der Waals surface area contributed by atoms with Crippen LogP contribution in [0.25, 0.3) is 21.3 Å². The summed E-state index contributed by atoms with van der Waals surface area (Å²) in [6.45, 7) is 3.46. The van der Waals surface area contributed by atoms with E-state index in [1.165, 1.54) is 5.56 Å². The van der Waals surface area contributed by atoms with Crippen LogP contribution >= 0.6 is 22.9 Å². The fraction of sp³-hybridized carbons (Fsp3) is 0.174. The molecule has 0 aliphatic carbocycles. The van der Waals surface area contributed by atoms with E-state index in [0.717, 1.165) is 56.4 Å². The highest BCUT2D eigenvalue weighted by atomic mass is 35.5. The number of aliphatic carboxylic acids is 1. The minimum absolute atomic E-state index is 0.0357. The smallest absolute Gasteiger partial charge is 0.307 e. The Morgan fingerprint density at radius 2 is 2.03 bits per heavy atom. The van der Waals surface area contributed by atoms with Gasteiger partial charge in [0.1, 0.15) is 0 Å². The number of halogens is 1. The molecule has 0 unspecified atom stereocenters. The molecule has 7 heteroatoms. The summed E-state index contributed by atoms with van der Waals surface area (Å²) in [6, 6.07) is 13.6. The summed E-state index contributed by atoms with van der Waals surface area (Å²) in [5.74, 6) is -0.849. The SMILES string of the molecule is Cc1cc2nc(N3Cc4cccnc4C3)sc2c(-c2ccc(Cl)cc2)c1CC(=O)O. The molecule has 3 heterocycles. The lowest BCUT2D eigenvalue weighted by molar-refractivity contribution is -0.136. The highest BCUT2D eigenvalue weighted by Gasteiger charge is 2.25. The van der Waals surface area contributed by atoms with Crippen molar-refractivity contribution in [2.75, 3.05) is 4.90 Å². The standard InChI is InChI=1S/C23H18ClN3O2S/c1-13-9-18-22(21(17(13)10-20(28)29)14-4-6-16(24)7-5-14)30-23(26-18)27-11-15-3-2-8-25-19(15)12-27/h2-9H,10-12H2,1H3,(H,28,29). The molecular weight excluding hydrogens is 418 g/mol. The molecule has 0 spiro atoms. The molecular formula is C23H18ClN3O2S. The zero-order valence-corrected chi connectivity index (χ0v) is 17.8. The van der Waals surface area contributed by atoms with Gasteiger partial charge in [0.2, 0.25) is 0 Å². The van der Waals surface area contributed by atoms with Gasteiger partial charge in [-0.05, 0) is 53.4 Å². The van der Waals surface area contributed by atoms with Crippen molar-refractivity contribution in [3.05, 3.63) is 76.1 Å². The average molecular weight is 436 g/mol. The minimum Gasteiger partial charge on any atom is -0.481 e. The Morgan fingerprint density at radius 3 is 2.77 bits per heavy atom. The van der Waals surface area contributed by atoms with Gasteiger partial charge in [-0.3, -0.25) is 9.78 Å². The van der Waals surface area contributed by atoms with Gasteiger partial charge in [-0.1, -0.05) is 41.1 Å². The Bertz CT molecular complexity index is 1260. The maximum absolute atomic E-state index is 11.6. The summed E-state index contributed by atoms with van der Waals surface area (Å²) in [7, 11) is 0. The first-order valence-electron chi connectivity index (χ1n) is 9.58. The molecule has 0 fully saturated rings. The first-order chi connectivity index (χ1) is 14.5. The number of hydrogen-bond donors (Lipinski definition) is 1. The molecule has 1 N–H and O–H groups in total. The summed E-state index contributed by atoms with van der Waals surface area (Å²) in [4.78, 5) is 23.2. The van der Waals surface area contributed by atoms with Crippen LogP contribution < -0.4 is 4.90 Å². The van der Waals surface area contributed by atoms with Gasteiger partial charge >= 0.3 is 5.97 Å². The molecule has 150 valence electrons. The highest BCUT2D eigenvalue weighted by Crippen LogP contribution is 2.42. The number of pyridine rings is 1. The van der Waals surface area contributed by atoms with Crippen LogP contribution in [0.2, 0.25) is 5.02 Å². The second-order valence-electron chi connectivity index (χ2n) is 7.43. The quantitative estimate of drug-likeness (QED) is 0.460. The molecule has 0 bridgehead atoms. The van der Waals surface area contributed by atoms with Gasteiger partial charge in [-0.25, -0.2) is 4.98 Å². The molecule has 0 amide bonds. The molecule has 0 atom stereocenters. The number of carbonyl (C=O) groups is 1. The first kappa shape index (κ1) is 19.0. The second kappa shape index (κ2) is 7.38. The van der Waals surface area contributed by atoms with Crippen LogP contribution in [0.5, 0.6) is 0 Å². The lowest BCUT2D eigenvalue weighted by atomic mass is 9.93. The highest BCUT2D eigenvalue weighted by molar-refractivity contribution is 7.22. The molecule has 4 aromatic rings. The maximum atomic E-state index is 11.6. The largest absolute Gasteiger partial charge is 0.481 e. The third kappa shape index (κ3) is 3.32. The molecule has 5 rings (SSSR count). The average Bonchev–Trinajstić information content (AvgIpc) is 3.33. The van der Waals surface area contributed by atoms with E-state index in [9.17, 15) is 9.90 Å². The number of rotatable bonds is 4. The maximum Gasteiger partial charge on any atom is 0.307 e. The van der Waals surface area contributed by atoms with E-state index in [0.29, 0.717) is 5.02 Å². The molecule has 0 saturated carbocycles. The predicted octanol–water partition coefficient (Wildman–Crippen LogP) is 5.47. The zero-order valence-electron chi connectivity index (χ0n) is 16.2. The summed E-state index contributed by atoms with van der Waals surface area (Å²) in [5, 5.41) is 11.1. The fourth-order valence-corrected chi connectivity index (χ4v) is 5.26. The van der Waals surface area contributed by atoms with E-state index in [1.54, 1.807) is 11.3 Å². The van der Waals surface area contributed by atoms with E-state index in [4.69, 9.17) is 16.6 Å². The van der Waals surface area contributed by atoms with Crippen LogP contribution in [-0.2, 0) is 24.3 Å². The van der Waals surface area contributed by atoms with Gasteiger partial charge in [-0.15, -0.1) is 0 Å². The molecule has 30 heavy (non-hydrogen) atoms. The monoisotopic (exact) mass is 435 g/mol. The Kier molecular flexibility index (Phi) is 4.68. The number of nitrogens with zero attached hydrogens (tertiary/aromatic N) is 3. The lowest BCUT2D eigenvalue weighted by Gasteiger charge is -2.13. The number of carboxylic acids is 1. The first-order valence-corrected chi connectivity index (χ1v) is 10.8. The van der Waals surface area contributed by atoms with E-state index >= 15 is 0 Å². The number of anilines is 1. The molecule has 2 aromatic carbocycles. The van der Waals surface area contributed by atoms with Crippen LogP contribution in [0.3, 0.4) is 0 Å². The van der Waals surface area contributed by atoms with Crippen LogP contribution in [0.4, 0.5) is 5.13 Å². The van der Waals surface area contributed by atoms with Crippen LogP contribution in [0.15, 0.2) is 48.7 Å². The number of benzene rings is 2. The minimum atomic E-state index is -0.849. The topological polar surface area (TPSA) is 66.3 Å². The molecule has 5 nitrogen and oxygen atoms in total. The third-order valence-corrected chi connectivity index (χ3v) is 6.82. The predicted molar refractivity (Wildman–Crippen MR) is 120 cm³/mol. The third-order valence-electron chi connectivity index (χ3n) is 5.42. The van der Waals surface area contributed by atoms with Gasteiger partial charge in [0, 0.05) is 23.3 Å². The van der Waals surface area contributed by atoms with Crippen molar-refractivity contribution < 1.29 is 9.90 Å². The Labute approximate surface area is 182 Å². The molecule has 2 aromatic heterocycles. The van der Waals surface area contributed by atoms with Crippen molar-refractivity contribution in [2.24, 2.45) is 0 Å². The summed E-state index contributed by atoms with van der Waals surface area (Å²) < 4.78 is 0.998. The summed E-state index contributed by atoms with van der Waals surface area (Å²) in [5.41, 5.74) is 6.82. The van der Waals surface area contributed by atoms with E-state index in [2.05, 4.69) is 16.0 Å². The zero-order chi connectivity index (χ0) is 20.8. The van der Waals surface area contributed by atoms with Gasteiger partial charge in [0.05, 0.1) is 28.9 Å². The number of fused-ring (bicyclic) bond motifs is 2. The van der Waals surface area contributed by atoms with Crippen molar-refractivity contribution in [2.45, 2.75) is 26.4 Å². The number of thiazole rings is 1. The lowest BCUT2D eigenvalue weighted by Crippen LogP contribution is -2.13. The summed E-state index contributed by atoms with van der Waals surface area (Å²) in [6.07, 6.45) is 1.78. The number of aryl methyl sites for hydroxylation is 1. The Balaban J connectivity index is 1.67.